The normalized spacial score (nSPS) is 10.2. The number of anilines is 2. The number of nitrogens with zero attached hydrogens (tertiary/aromatic N) is 1. The molecule has 2 aromatic carbocycles. The lowest BCUT2D eigenvalue weighted by Gasteiger charge is -2.12. The number of hydrogen-bond donors (Lipinski definition) is 2. The topological polar surface area (TPSA) is 86.5 Å². The highest BCUT2D eigenvalue weighted by molar-refractivity contribution is 6.07. The van der Waals surface area contributed by atoms with Gasteiger partial charge in [-0.1, -0.05) is 18.2 Å². The van der Waals surface area contributed by atoms with Gasteiger partial charge in [-0.2, -0.15) is 0 Å². The standard InChI is InChI=1S/C20H19N3O3/c1-13-10-11-16(19(21)22-13)20(24)23-14-6-5-7-15(12-14)26-18-9-4-3-8-17(18)25-2/h3-12H,1-2H3,(H2,21,22)(H,23,24). The van der Waals surface area contributed by atoms with Crippen molar-refractivity contribution in [2.45, 2.75) is 6.92 Å². The van der Waals surface area contributed by atoms with Crippen molar-refractivity contribution in [3.63, 3.8) is 0 Å². The fourth-order valence-electron chi connectivity index (χ4n) is 2.43. The van der Waals surface area contributed by atoms with E-state index in [0.717, 1.165) is 5.69 Å². The molecule has 0 aliphatic heterocycles. The van der Waals surface area contributed by atoms with Gasteiger partial charge in [0, 0.05) is 17.4 Å². The lowest BCUT2D eigenvalue weighted by atomic mass is 10.2. The Labute approximate surface area is 151 Å². The highest BCUT2D eigenvalue weighted by Crippen LogP contribution is 2.31. The lowest BCUT2D eigenvalue weighted by molar-refractivity contribution is 0.102. The van der Waals surface area contributed by atoms with Gasteiger partial charge in [0.05, 0.1) is 12.7 Å². The molecule has 0 saturated carbocycles. The van der Waals surface area contributed by atoms with Crippen molar-refractivity contribution in [2.75, 3.05) is 18.2 Å². The molecule has 6 heteroatoms. The molecule has 6 nitrogen and oxygen atoms in total. The monoisotopic (exact) mass is 349 g/mol. The Morgan fingerprint density at radius 3 is 2.54 bits per heavy atom. The van der Waals surface area contributed by atoms with E-state index in [-0.39, 0.29) is 11.7 Å². The predicted molar refractivity (Wildman–Crippen MR) is 101 cm³/mol. The van der Waals surface area contributed by atoms with E-state index in [9.17, 15) is 4.79 Å². The molecule has 0 atom stereocenters. The van der Waals surface area contributed by atoms with E-state index in [2.05, 4.69) is 10.3 Å². The van der Waals surface area contributed by atoms with Crippen LogP contribution in [0.5, 0.6) is 17.2 Å². The van der Waals surface area contributed by atoms with Gasteiger partial charge in [-0.15, -0.1) is 0 Å². The summed E-state index contributed by atoms with van der Waals surface area (Å²) in [7, 11) is 1.58. The number of aromatic nitrogens is 1. The van der Waals surface area contributed by atoms with Crippen molar-refractivity contribution in [3.05, 3.63) is 71.9 Å². The average Bonchev–Trinajstić information content (AvgIpc) is 2.62. The lowest BCUT2D eigenvalue weighted by Crippen LogP contribution is -2.15. The van der Waals surface area contributed by atoms with Crippen LogP contribution in [-0.2, 0) is 0 Å². The summed E-state index contributed by atoms with van der Waals surface area (Å²) in [6.07, 6.45) is 0. The fraction of sp³-hybridized carbons (Fsp3) is 0.100. The Morgan fingerprint density at radius 1 is 1.04 bits per heavy atom. The molecule has 0 unspecified atom stereocenters. The number of pyridine rings is 1. The van der Waals surface area contributed by atoms with Crippen molar-refractivity contribution in [1.29, 1.82) is 0 Å². The van der Waals surface area contributed by atoms with E-state index in [4.69, 9.17) is 15.2 Å². The number of aryl methyl sites for hydroxylation is 1. The number of hydrogen-bond acceptors (Lipinski definition) is 5. The summed E-state index contributed by atoms with van der Waals surface area (Å²) in [4.78, 5) is 16.5. The molecule has 3 aromatic rings. The van der Waals surface area contributed by atoms with Gasteiger partial charge in [0.1, 0.15) is 11.6 Å². The number of nitrogens with one attached hydrogen (secondary N) is 1. The molecule has 1 aromatic heterocycles. The minimum absolute atomic E-state index is 0.198. The molecule has 0 fully saturated rings. The van der Waals surface area contributed by atoms with E-state index >= 15 is 0 Å². The van der Waals surface area contributed by atoms with Crippen molar-refractivity contribution < 1.29 is 14.3 Å². The van der Waals surface area contributed by atoms with Gasteiger partial charge < -0.3 is 20.5 Å². The zero-order chi connectivity index (χ0) is 18.5. The molecule has 1 amide bonds. The molecule has 1 heterocycles. The predicted octanol–water partition coefficient (Wildman–Crippen LogP) is 4.03. The van der Waals surface area contributed by atoms with E-state index in [1.807, 2.05) is 31.2 Å². The van der Waals surface area contributed by atoms with E-state index in [0.29, 0.717) is 28.5 Å². The molecule has 3 N–H and O–H groups in total. The Bertz CT molecular complexity index is 941. The summed E-state index contributed by atoms with van der Waals surface area (Å²) in [5.74, 6) is 1.65. The number of amides is 1. The van der Waals surface area contributed by atoms with E-state index < -0.39 is 0 Å². The van der Waals surface area contributed by atoms with Crippen LogP contribution in [0.15, 0.2) is 60.7 Å². The van der Waals surface area contributed by atoms with E-state index in [1.54, 1.807) is 43.5 Å². The zero-order valence-corrected chi connectivity index (χ0v) is 14.5. The first-order valence-corrected chi connectivity index (χ1v) is 8.02. The molecule has 3 rings (SSSR count). The number of methoxy groups -OCH3 is 1. The second kappa shape index (κ2) is 7.57. The Balaban J connectivity index is 1.78. The van der Waals surface area contributed by atoms with Crippen LogP contribution in [0.25, 0.3) is 0 Å². The molecule has 0 bridgehead atoms. The first-order valence-electron chi connectivity index (χ1n) is 8.02. The molecule has 132 valence electrons. The molecule has 0 spiro atoms. The number of rotatable bonds is 5. The highest BCUT2D eigenvalue weighted by atomic mass is 16.5. The number of ether oxygens (including phenoxy) is 2. The third-order valence-corrected chi connectivity index (χ3v) is 3.70. The smallest absolute Gasteiger partial charge is 0.259 e. The number of nitrogen functional groups attached to an aromatic ring is 1. The summed E-state index contributed by atoms with van der Waals surface area (Å²) in [6.45, 7) is 1.82. The van der Waals surface area contributed by atoms with Crippen molar-refractivity contribution >= 4 is 17.4 Å². The second-order valence-corrected chi connectivity index (χ2v) is 5.62. The Hall–Kier alpha value is -3.54. The maximum absolute atomic E-state index is 12.4. The number of nitrogens with two attached hydrogens (primary N) is 1. The zero-order valence-electron chi connectivity index (χ0n) is 14.5. The fourth-order valence-corrected chi connectivity index (χ4v) is 2.43. The van der Waals surface area contributed by atoms with Gasteiger partial charge in [0.25, 0.3) is 5.91 Å². The highest BCUT2D eigenvalue weighted by Gasteiger charge is 2.12. The van der Waals surface area contributed by atoms with Gasteiger partial charge in [0.2, 0.25) is 0 Å². The summed E-state index contributed by atoms with van der Waals surface area (Å²) in [5, 5.41) is 2.80. The third kappa shape index (κ3) is 3.92. The van der Waals surface area contributed by atoms with Crippen molar-refractivity contribution in [1.82, 2.24) is 4.98 Å². The molecule has 0 saturated heterocycles. The molecular formula is C20H19N3O3. The second-order valence-electron chi connectivity index (χ2n) is 5.62. The maximum atomic E-state index is 12.4. The van der Waals surface area contributed by atoms with Gasteiger partial charge in [0.15, 0.2) is 11.5 Å². The van der Waals surface area contributed by atoms with Crippen LogP contribution in [0.4, 0.5) is 11.5 Å². The third-order valence-electron chi connectivity index (χ3n) is 3.70. The number of para-hydroxylation sites is 2. The quantitative estimate of drug-likeness (QED) is 0.726. The van der Waals surface area contributed by atoms with Crippen LogP contribution >= 0.6 is 0 Å². The van der Waals surface area contributed by atoms with Gasteiger partial charge in [-0.05, 0) is 43.3 Å². The number of benzene rings is 2. The van der Waals surface area contributed by atoms with Gasteiger partial charge in [-0.3, -0.25) is 4.79 Å². The summed E-state index contributed by atoms with van der Waals surface area (Å²) >= 11 is 0. The molecule has 0 radical (unpaired) electrons. The summed E-state index contributed by atoms with van der Waals surface area (Å²) in [5.41, 5.74) is 7.50. The maximum Gasteiger partial charge on any atom is 0.259 e. The van der Waals surface area contributed by atoms with Crippen LogP contribution in [0.2, 0.25) is 0 Å². The largest absolute Gasteiger partial charge is 0.493 e. The Morgan fingerprint density at radius 2 is 1.81 bits per heavy atom. The van der Waals surface area contributed by atoms with Crippen molar-refractivity contribution in [2.24, 2.45) is 0 Å². The number of carbonyl (C=O) groups excluding carboxylic acids is 1. The van der Waals surface area contributed by atoms with Crippen LogP contribution in [-0.4, -0.2) is 18.0 Å². The number of carbonyl (C=O) groups is 1. The van der Waals surface area contributed by atoms with Crippen LogP contribution in [0.3, 0.4) is 0 Å². The molecule has 0 aliphatic carbocycles. The first kappa shape index (κ1) is 17.3. The molecule has 0 aliphatic rings. The Kier molecular flexibility index (Phi) is 5.03. The summed E-state index contributed by atoms with van der Waals surface area (Å²) in [6, 6.07) is 17.8. The van der Waals surface area contributed by atoms with Crippen LogP contribution in [0.1, 0.15) is 16.1 Å². The minimum atomic E-state index is -0.329. The summed E-state index contributed by atoms with van der Waals surface area (Å²) < 4.78 is 11.1. The van der Waals surface area contributed by atoms with E-state index in [1.165, 1.54) is 0 Å². The van der Waals surface area contributed by atoms with Crippen LogP contribution in [0, 0.1) is 6.92 Å². The van der Waals surface area contributed by atoms with Crippen LogP contribution < -0.4 is 20.5 Å². The van der Waals surface area contributed by atoms with Crippen molar-refractivity contribution in [3.8, 4) is 17.2 Å². The van der Waals surface area contributed by atoms with Gasteiger partial charge >= 0.3 is 0 Å². The molecule has 26 heavy (non-hydrogen) atoms. The average molecular weight is 349 g/mol. The first-order chi connectivity index (χ1) is 12.6. The SMILES string of the molecule is COc1ccccc1Oc1cccc(NC(=O)c2ccc(C)nc2N)c1. The minimum Gasteiger partial charge on any atom is -0.493 e. The van der Waals surface area contributed by atoms with Gasteiger partial charge in [-0.25, -0.2) is 4.98 Å². The molecular weight excluding hydrogens is 330 g/mol.